The van der Waals surface area contributed by atoms with Gasteiger partial charge < -0.3 is 0 Å². The normalized spacial score (nSPS) is 13.3. The molecule has 0 spiro atoms. The molecule has 0 amide bonds. The Hall–Kier alpha value is -6.04. The van der Waals surface area contributed by atoms with E-state index in [1.807, 2.05) is 53.1 Å². The molecule has 0 saturated heterocycles. The molecule has 1 aliphatic heterocycles. The second-order valence-corrected chi connectivity index (χ2v) is 14.2. The molecule has 0 aliphatic carbocycles. The highest BCUT2D eigenvalue weighted by Gasteiger charge is 2.34. The summed E-state index contributed by atoms with van der Waals surface area (Å²) in [6.45, 7) is 0. The van der Waals surface area contributed by atoms with Crippen molar-refractivity contribution in [1.29, 1.82) is 0 Å². The van der Waals surface area contributed by atoms with Gasteiger partial charge in [0.15, 0.2) is 0 Å². The van der Waals surface area contributed by atoms with E-state index in [0.717, 1.165) is 49.6 Å². The fourth-order valence-corrected chi connectivity index (χ4v) is 9.27. The van der Waals surface area contributed by atoms with Crippen molar-refractivity contribution in [2.45, 2.75) is 9.79 Å². The molecule has 1 aromatic heterocycles. The minimum absolute atomic E-state index is 0.278. The van der Waals surface area contributed by atoms with Gasteiger partial charge >= 0.3 is 0 Å². The number of rotatable bonds is 3. The van der Waals surface area contributed by atoms with Gasteiger partial charge in [0.05, 0.1) is 26.5 Å². The molecule has 10 rings (SSSR count). The number of sulfone groups is 1. The summed E-state index contributed by atoms with van der Waals surface area (Å²) in [5.41, 5.74) is 7.00. The summed E-state index contributed by atoms with van der Waals surface area (Å²) in [5, 5.41) is 6.78. The van der Waals surface area contributed by atoms with Crippen LogP contribution in [0, 0.1) is 0 Å². The van der Waals surface area contributed by atoms with Crippen molar-refractivity contribution < 1.29 is 8.42 Å². The van der Waals surface area contributed by atoms with Crippen LogP contribution in [0.3, 0.4) is 0 Å². The second kappa shape index (κ2) is 9.98. The fourth-order valence-electron chi connectivity index (χ4n) is 7.61. The van der Waals surface area contributed by atoms with Crippen LogP contribution >= 0.6 is 0 Å². The predicted octanol–water partition coefficient (Wildman–Crippen LogP) is 10.6. The van der Waals surface area contributed by atoms with E-state index in [4.69, 9.17) is 4.98 Å². The molecule has 2 heterocycles. The monoisotopic (exact) mass is 634 g/mol. The molecule has 0 N–H and O–H groups in total. The molecule has 0 saturated carbocycles. The first-order chi connectivity index (χ1) is 23.6. The Balaban J connectivity index is 1.27. The lowest BCUT2D eigenvalue weighted by Gasteiger charge is -2.23. The lowest BCUT2D eigenvalue weighted by molar-refractivity contribution is 0.594. The molecule has 0 unspecified atom stereocenters. The van der Waals surface area contributed by atoms with E-state index >= 15 is 0 Å². The summed E-state index contributed by atoms with van der Waals surface area (Å²) in [6.07, 6.45) is 0. The summed E-state index contributed by atoms with van der Waals surface area (Å²) in [6, 6.07) is 53.2. The standard InChI is InChI=1S/C43H26N2O2S/c46-48(47)38-20-10-19-36-42(38)45(43(44-36)28-12-2-1-3-13-28)37-24-23-31(26-39(37)48)41-34-17-8-6-15-32(34)40(33-16-7-9-18-35(33)41)30-22-21-27-11-4-5-14-29(27)25-30/h1-26H. The van der Waals surface area contributed by atoms with Crippen molar-refractivity contribution in [2.75, 3.05) is 0 Å². The lowest BCUT2D eigenvalue weighted by Crippen LogP contribution is -2.15. The van der Waals surface area contributed by atoms with Gasteiger partial charge in [-0.1, -0.05) is 127 Å². The summed E-state index contributed by atoms with van der Waals surface area (Å²) in [7, 11) is -3.85. The summed E-state index contributed by atoms with van der Waals surface area (Å²) >= 11 is 0. The SMILES string of the molecule is O=S1(=O)c2cc(-c3c4ccccc4c(-c4ccc5ccccc5c4)c4ccccc34)ccc2-n2c(-c3ccccc3)nc3cccc1c32. The van der Waals surface area contributed by atoms with Crippen LogP contribution in [-0.2, 0) is 9.84 Å². The molecule has 0 bridgehead atoms. The maximum absolute atomic E-state index is 14.4. The third-order valence-corrected chi connectivity index (χ3v) is 11.5. The van der Waals surface area contributed by atoms with E-state index in [1.54, 1.807) is 12.1 Å². The van der Waals surface area contributed by atoms with Crippen LogP contribution in [0.5, 0.6) is 0 Å². The number of fused-ring (bicyclic) bond motifs is 5. The van der Waals surface area contributed by atoms with E-state index in [2.05, 4.69) is 97.1 Å². The molecular formula is C43H26N2O2S. The fraction of sp³-hybridized carbons (Fsp3) is 0. The first-order valence-electron chi connectivity index (χ1n) is 16.0. The second-order valence-electron chi connectivity index (χ2n) is 12.3. The van der Waals surface area contributed by atoms with Gasteiger partial charge in [0.25, 0.3) is 0 Å². The molecule has 5 heteroatoms. The molecule has 48 heavy (non-hydrogen) atoms. The van der Waals surface area contributed by atoms with E-state index in [1.165, 1.54) is 16.3 Å². The van der Waals surface area contributed by atoms with Crippen LogP contribution in [0.2, 0.25) is 0 Å². The third kappa shape index (κ3) is 3.76. The maximum Gasteiger partial charge on any atom is 0.210 e. The first-order valence-corrected chi connectivity index (χ1v) is 17.5. The zero-order valence-electron chi connectivity index (χ0n) is 25.6. The Morgan fingerprint density at radius 2 is 1.04 bits per heavy atom. The van der Waals surface area contributed by atoms with Gasteiger partial charge in [0, 0.05) is 5.56 Å². The van der Waals surface area contributed by atoms with E-state index in [-0.39, 0.29) is 9.79 Å². The van der Waals surface area contributed by atoms with E-state index in [0.29, 0.717) is 16.7 Å². The predicted molar refractivity (Wildman–Crippen MR) is 195 cm³/mol. The Kier molecular flexibility index (Phi) is 5.64. The molecule has 0 fully saturated rings. The van der Waals surface area contributed by atoms with Gasteiger partial charge in [0.1, 0.15) is 5.82 Å². The van der Waals surface area contributed by atoms with E-state index in [9.17, 15) is 8.42 Å². The van der Waals surface area contributed by atoms with Gasteiger partial charge in [-0.15, -0.1) is 0 Å². The van der Waals surface area contributed by atoms with Crippen molar-refractivity contribution >= 4 is 53.2 Å². The molecule has 0 atom stereocenters. The van der Waals surface area contributed by atoms with Crippen molar-refractivity contribution in [1.82, 2.24) is 9.55 Å². The van der Waals surface area contributed by atoms with Crippen LogP contribution in [-0.4, -0.2) is 18.0 Å². The van der Waals surface area contributed by atoms with Crippen molar-refractivity contribution in [3.05, 3.63) is 158 Å². The largest absolute Gasteiger partial charge is 0.290 e. The van der Waals surface area contributed by atoms with Crippen molar-refractivity contribution in [2.24, 2.45) is 0 Å². The zero-order chi connectivity index (χ0) is 32.0. The zero-order valence-corrected chi connectivity index (χ0v) is 26.4. The first kappa shape index (κ1) is 27.1. The Bertz CT molecular complexity index is 2850. The average molecular weight is 635 g/mol. The highest BCUT2D eigenvalue weighted by Crippen LogP contribution is 2.47. The van der Waals surface area contributed by atoms with Gasteiger partial charge in [0.2, 0.25) is 9.84 Å². The minimum Gasteiger partial charge on any atom is -0.290 e. The minimum atomic E-state index is -3.85. The maximum atomic E-state index is 14.4. The van der Waals surface area contributed by atoms with Crippen LogP contribution in [0.1, 0.15) is 0 Å². The number of hydrogen-bond donors (Lipinski definition) is 0. The number of hydrogen-bond acceptors (Lipinski definition) is 3. The van der Waals surface area contributed by atoms with Gasteiger partial charge in [-0.05, 0) is 84.9 Å². The highest BCUT2D eigenvalue weighted by molar-refractivity contribution is 7.92. The number of para-hydroxylation sites is 1. The molecule has 1 aliphatic rings. The molecule has 0 radical (unpaired) electrons. The molecule has 226 valence electrons. The van der Waals surface area contributed by atoms with Crippen molar-refractivity contribution in [3.63, 3.8) is 0 Å². The van der Waals surface area contributed by atoms with E-state index < -0.39 is 9.84 Å². The number of benzene rings is 8. The van der Waals surface area contributed by atoms with Gasteiger partial charge in [-0.2, -0.15) is 0 Å². The van der Waals surface area contributed by atoms with Crippen LogP contribution in [0.4, 0.5) is 0 Å². The Labute approximate surface area is 277 Å². The molecular weight excluding hydrogens is 609 g/mol. The molecule has 4 nitrogen and oxygen atoms in total. The summed E-state index contributed by atoms with van der Waals surface area (Å²) in [4.78, 5) is 5.50. The average Bonchev–Trinajstić information content (AvgIpc) is 3.53. The summed E-state index contributed by atoms with van der Waals surface area (Å²) in [5.74, 6) is 0.720. The topological polar surface area (TPSA) is 52.0 Å². The van der Waals surface area contributed by atoms with Gasteiger partial charge in [-0.3, -0.25) is 4.57 Å². The highest BCUT2D eigenvalue weighted by atomic mass is 32.2. The number of aromatic nitrogens is 2. The van der Waals surface area contributed by atoms with Crippen LogP contribution < -0.4 is 0 Å². The third-order valence-electron chi connectivity index (χ3n) is 9.71. The number of imidazole rings is 1. The molecule has 9 aromatic rings. The van der Waals surface area contributed by atoms with Gasteiger partial charge in [-0.25, -0.2) is 13.4 Å². The Morgan fingerprint density at radius 1 is 0.458 bits per heavy atom. The Morgan fingerprint density at radius 3 is 1.73 bits per heavy atom. The van der Waals surface area contributed by atoms with Crippen LogP contribution in [0.25, 0.3) is 82.7 Å². The quantitative estimate of drug-likeness (QED) is 0.182. The van der Waals surface area contributed by atoms with Crippen LogP contribution in [0.15, 0.2) is 168 Å². The summed E-state index contributed by atoms with van der Waals surface area (Å²) < 4.78 is 30.9. The lowest BCUT2D eigenvalue weighted by atomic mass is 9.85. The molecule has 8 aromatic carbocycles. The number of nitrogens with zero attached hydrogens (tertiary/aromatic N) is 2. The van der Waals surface area contributed by atoms with Crippen molar-refractivity contribution in [3.8, 4) is 39.3 Å². The smallest absolute Gasteiger partial charge is 0.210 e.